The highest BCUT2D eigenvalue weighted by Gasteiger charge is 2.24. The summed E-state index contributed by atoms with van der Waals surface area (Å²) in [7, 11) is 6.50. The normalized spacial score (nSPS) is 13.2. The molecule has 4 aromatic rings. The van der Waals surface area contributed by atoms with Crippen LogP contribution in [0.25, 0.3) is 21.8 Å². The van der Waals surface area contributed by atoms with Crippen molar-refractivity contribution >= 4 is 39.2 Å². The minimum Gasteiger partial charge on any atom is -0.493 e. The molecule has 0 bridgehead atoms. The van der Waals surface area contributed by atoms with Gasteiger partial charge in [-0.1, -0.05) is 0 Å². The zero-order valence-corrected chi connectivity index (χ0v) is 19.1. The van der Waals surface area contributed by atoms with Gasteiger partial charge in [0.25, 0.3) is 11.5 Å². The molecule has 10 nitrogen and oxygen atoms in total. The molecule has 1 aliphatic heterocycles. The van der Waals surface area contributed by atoms with Crippen LogP contribution < -0.4 is 24.7 Å². The molecule has 1 aliphatic rings. The SMILES string of the molecule is COc1cc2c3cnn(CC(=O)c4ccc5c(c4)N(C)C(=O)CO5)c(=O)c3n(C)c2cc1OC. The highest BCUT2D eigenvalue weighted by atomic mass is 16.5. The predicted octanol–water partition coefficient (Wildman–Crippen LogP) is 2.14. The van der Waals surface area contributed by atoms with Crippen LogP contribution in [0.2, 0.25) is 0 Å². The highest BCUT2D eigenvalue weighted by Crippen LogP contribution is 2.36. The Hall–Kier alpha value is -4.34. The molecule has 2 aromatic heterocycles. The first-order valence-electron chi connectivity index (χ1n) is 10.5. The number of rotatable bonds is 5. The van der Waals surface area contributed by atoms with Crippen molar-refractivity contribution in [2.45, 2.75) is 6.54 Å². The number of hydrogen-bond acceptors (Lipinski definition) is 7. The minimum absolute atomic E-state index is 0.0428. The number of methoxy groups -OCH3 is 2. The van der Waals surface area contributed by atoms with E-state index in [0.717, 1.165) is 15.6 Å². The molecular weight excluding hydrogens is 440 g/mol. The van der Waals surface area contributed by atoms with Gasteiger partial charge in [0.15, 0.2) is 23.9 Å². The number of ether oxygens (including phenoxy) is 3. The topological polar surface area (TPSA) is 105 Å². The van der Waals surface area contributed by atoms with Crippen LogP contribution in [0.3, 0.4) is 0 Å². The largest absolute Gasteiger partial charge is 0.493 e. The Bertz CT molecular complexity index is 1550. The van der Waals surface area contributed by atoms with Crippen LogP contribution in [0, 0.1) is 0 Å². The van der Waals surface area contributed by atoms with Crippen molar-refractivity contribution in [3.05, 3.63) is 52.4 Å². The molecule has 0 saturated carbocycles. The lowest BCUT2D eigenvalue weighted by Crippen LogP contribution is -2.35. The second kappa shape index (κ2) is 7.91. The molecule has 1 amide bonds. The molecule has 5 rings (SSSR count). The number of likely N-dealkylation sites (N-methyl/N-ethyl adjacent to an activating group) is 1. The number of Topliss-reactive ketones (excluding diaryl/α,β-unsaturated/α-hetero) is 1. The van der Waals surface area contributed by atoms with E-state index in [9.17, 15) is 14.4 Å². The quantitative estimate of drug-likeness (QED) is 0.419. The molecule has 0 unspecified atom stereocenters. The zero-order valence-electron chi connectivity index (χ0n) is 19.1. The maximum Gasteiger partial charge on any atom is 0.291 e. The van der Waals surface area contributed by atoms with Crippen molar-refractivity contribution in [3.8, 4) is 17.2 Å². The number of nitrogens with zero attached hydrogens (tertiary/aromatic N) is 4. The van der Waals surface area contributed by atoms with E-state index in [2.05, 4.69) is 5.10 Å². The smallest absolute Gasteiger partial charge is 0.291 e. The number of hydrogen-bond donors (Lipinski definition) is 0. The summed E-state index contributed by atoms with van der Waals surface area (Å²) in [6, 6.07) is 8.46. The van der Waals surface area contributed by atoms with Crippen molar-refractivity contribution in [3.63, 3.8) is 0 Å². The van der Waals surface area contributed by atoms with E-state index in [4.69, 9.17) is 14.2 Å². The molecule has 34 heavy (non-hydrogen) atoms. The van der Waals surface area contributed by atoms with E-state index in [1.165, 1.54) is 4.90 Å². The molecule has 0 saturated heterocycles. The van der Waals surface area contributed by atoms with E-state index in [-0.39, 0.29) is 24.8 Å². The average Bonchev–Trinajstić information content (AvgIpc) is 3.13. The van der Waals surface area contributed by atoms with E-state index in [1.807, 2.05) is 0 Å². The number of amides is 1. The van der Waals surface area contributed by atoms with Gasteiger partial charge in [-0.05, 0) is 24.3 Å². The summed E-state index contributed by atoms with van der Waals surface area (Å²) in [6.45, 7) is -0.293. The van der Waals surface area contributed by atoms with Crippen molar-refractivity contribution in [1.29, 1.82) is 0 Å². The Morgan fingerprint density at radius 3 is 2.53 bits per heavy atom. The molecule has 0 aliphatic carbocycles. The van der Waals surface area contributed by atoms with Crippen LogP contribution in [-0.2, 0) is 18.4 Å². The summed E-state index contributed by atoms with van der Waals surface area (Å²) in [5, 5.41) is 5.70. The van der Waals surface area contributed by atoms with Gasteiger partial charge in [0.05, 0.1) is 31.6 Å². The van der Waals surface area contributed by atoms with E-state index in [0.29, 0.717) is 39.4 Å². The van der Waals surface area contributed by atoms with E-state index < -0.39 is 5.56 Å². The molecule has 0 radical (unpaired) electrons. The number of aryl methyl sites for hydroxylation is 1. The first-order chi connectivity index (χ1) is 16.3. The number of carbonyl (C=O) groups is 2. The fourth-order valence-electron chi connectivity index (χ4n) is 4.27. The number of fused-ring (bicyclic) bond motifs is 4. The van der Waals surface area contributed by atoms with Crippen molar-refractivity contribution in [2.24, 2.45) is 7.05 Å². The van der Waals surface area contributed by atoms with Gasteiger partial charge in [0.1, 0.15) is 17.8 Å². The average molecular weight is 462 g/mol. The summed E-state index contributed by atoms with van der Waals surface area (Å²) < 4.78 is 19.1. The predicted molar refractivity (Wildman–Crippen MR) is 125 cm³/mol. The van der Waals surface area contributed by atoms with Gasteiger partial charge in [-0.2, -0.15) is 5.10 Å². The summed E-state index contributed by atoms with van der Waals surface area (Å²) in [5.41, 5.74) is 1.66. The molecule has 0 fully saturated rings. The Labute approximate surface area is 193 Å². The molecule has 0 spiro atoms. The summed E-state index contributed by atoms with van der Waals surface area (Å²) >= 11 is 0. The van der Waals surface area contributed by atoms with E-state index in [1.54, 1.807) is 69.4 Å². The van der Waals surface area contributed by atoms with Crippen molar-refractivity contribution in [1.82, 2.24) is 14.3 Å². The lowest BCUT2D eigenvalue weighted by atomic mass is 10.1. The number of anilines is 1. The van der Waals surface area contributed by atoms with Gasteiger partial charge >= 0.3 is 0 Å². The summed E-state index contributed by atoms with van der Waals surface area (Å²) in [4.78, 5) is 39.7. The van der Waals surface area contributed by atoms with E-state index >= 15 is 0 Å². The zero-order chi connectivity index (χ0) is 24.1. The third kappa shape index (κ3) is 3.18. The maximum absolute atomic E-state index is 13.3. The number of benzene rings is 2. The van der Waals surface area contributed by atoms with Gasteiger partial charge in [-0.25, -0.2) is 4.68 Å². The first kappa shape index (κ1) is 21.5. The Morgan fingerprint density at radius 2 is 1.79 bits per heavy atom. The number of carbonyl (C=O) groups excluding carboxylic acids is 2. The molecule has 2 aromatic carbocycles. The van der Waals surface area contributed by atoms with Crippen LogP contribution in [0.5, 0.6) is 17.2 Å². The summed E-state index contributed by atoms with van der Waals surface area (Å²) in [6.07, 6.45) is 1.57. The van der Waals surface area contributed by atoms with Gasteiger partial charge in [-0.15, -0.1) is 0 Å². The third-order valence-corrected chi connectivity index (χ3v) is 6.17. The fraction of sp³-hybridized carbons (Fsp3) is 0.250. The lowest BCUT2D eigenvalue weighted by molar-refractivity contribution is -0.120. The lowest BCUT2D eigenvalue weighted by Gasteiger charge is -2.26. The number of ketones is 1. The molecule has 3 heterocycles. The standard InChI is InChI=1S/C24H22N4O6/c1-26-17-7-13(5-6-19(17)34-12-22(26)30)18(29)11-28-24(31)23-15(10-25-28)14-8-20(32-3)21(33-4)9-16(14)27(23)2/h5-10H,11-12H2,1-4H3. The van der Waals surface area contributed by atoms with Crippen molar-refractivity contribution in [2.75, 3.05) is 32.8 Å². The van der Waals surface area contributed by atoms with Crippen LogP contribution in [-0.4, -0.2) is 53.9 Å². The Morgan fingerprint density at radius 1 is 1.06 bits per heavy atom. The van der Waals surface area contributed by atoms with Gasteiger partial charge < -0.3 is 23.7 Å². The molecule has 10 heteroatoms. The molecule has 0 atom stereocenters. The van der Waals surface area contributed by atoms with Crippen LogP contribution in [0.15, 0.2) is 41.3 Å². The summed E-state index contributed by atoms with van der Waals surface area (Å²) in [5.74, 6) is 1.09. The molecule has 0 N–H and O–H groups in total. The second-order valence-electron chi connectivity index (χ2n) is 8.00. The molecule has 174 valence electrons. The minimum atomic E-state index is -0.393. The number of aromatic nitrogens is 3. The fourth-order valence-corrected chi connectivity index (χ4v) is 4.27. The monoisotopic (exact) mass is 462 g/mol. The van der Waals surface area contributed by atoms with Crippen LogP contribution in [0.4, 0.5) is 5.69 Å². The maximum atomic E-state index is 13.3. The van der Waals surface area contributed by atoms with Crippen molar-refractivity contribution < 1.29 is 23.8 Å². The Balaban J connectivity index is 1.55. The second-order valence-corrected chi connectivity index (χ2v) is 8.00. The van der Waals surface area contributed by atoms with Gasteiger partial charge in [-0.3, -0.25) is 14.4 Å². The highest BCUT2D eigenvalue weighted by molar-refractivity contribution is 6.08. The third-order valence-electron chi connectivity index (χ3n) is 6.17. The molecular formula is C24H22N4O6. The van der Waals surface area contributed by atoms with Gasteiger partial charge in [0, 0.05) is 36.5 Å². The van der Waals surface area contributed by atoms with Gasteiger partial charge in [0.2, 0.25) is 0 Å². The first-order valence-corrected chi connectivity index (χ1v) is 10.5. The Kier molecular flexibility index (Phi) is 5.00. The van der Waals surface area contributed by atoms with Crippen LogP contribution >= 0.6 is 0 Å². The van der Waals surface area contributed by atoms with Crippen LogP contribution in [0.1, 0.15) is 10.4 Å².